The van der Waals surface area contributed by atoms with Gasteiger partial charge < -0.3 is 9.47 Å². The summed E-state index contributed by atoms with van der Waals surface area (Å²) in [6.07, 6.45) is 0. The fourth-order valence-electron chi connectivity index (χ4n) is 8.55. The van der Waals surface area contributed by atoms with Gasteiger partial charge in [-0.1, -0.05) is 164 Å². The smallest absolute Gasteiger partial charge is 0.0640 e. The van der Waals surface area contributed by atoms with Crippen molar-refractivity contribution in [2.75, 3.05) is 4.90 Å². The van der Waals surface area contributed by atoms with E-state index in [2.05, 4.69) is 228 Å². The SMILES string of the molecule is c1ccc(-c2ccc(-c3cccc4c3c3ccc(N(c5cccc(-c6ccccc6)c5)c5cccc6c5sc5ccccc56)cc3n4-c3ccccc3)cc2)cc1. The van der Waals surface area contributed by atoms with Gasteiger partial charge in [-0.3, -0.25) is 0 Å². The highest BCUT2D eigenvalue weighted by Crippen LogP contribution is 2.47. The summed E-state index contributed by atoms with van der Waals surface area (Å²) in [5.41, 5.74) is 14.1. The van der Waals surface area contributed by atoms with E-state index in [1.807, 2.05) is 11.3 Å². The Morgan fingerprint density at radius 1 is 0.368 bits per heavy atom. The van der Waals surface area contributed by atoms with Gasteiger partial charge in [0.1, 0.15) is 0 Å². The number of rotatable bonds is 7. The lowest BCUT2D eigenvalue weighted by Crippen LogP contribution is -2.10. The quantitative estimate of drug-likeness (QED) is 0.158. The molecule has 0 aliphatic rings. The molecule has 0 spiro atoms. The Bertz CT molecular complexity index is 3220. The first-order chi connectivity index (χ1) is 28.3. The van der Waals surface area contributed by atoms with E-state index in [9.17, 15) is 0 Å². The fourth-order valence-corrected chi connectivity index (χ4v) is 9.76. The zero-order valence-electron chi connectivity index (χ0n) is 31.1. The van der Waals surface area contributed by atoms with Gasteiger partial charge in [-0.25, -0.2) is 0 Å². The molecule has 3 heteroatoms. The number of hydrogen-bond acceptors (Lipinski definition) is 2. The second-order valence-electron chi connectivity index (χ2n) is 14.5. The monoisotopic (exact) mass is 744 g/mol. The Morgan fingerprint density at radius 3 is 1.75 bits per heavy atom. The van der Waals surface area contributed by atoms with E-state index in [0.717, 1.165) is 22.6 Å². The Hall–Kier alpha value is -7.20. The third kappa shape index (κ3) is 5.71. The molecule has 0 fully saturated rings. The van der Waals surface area contributed by atoms with E-state index in [1.54, 1.807) is 0 Å². The summed E-state index contributed by atoms with van der Waals surface area (Å²) in [5, 5.41) is 5.04. The third-order valence-corrected chi connectivity index (χ3v) is 12.4. The van der Waals surface area contributed by atoms with Crippen molar-refractivity contribution in [1.82, 2.24) is 4.57 Å². The lowest BCUT2D eigenvalue weighted by atomic mass is 9.97. The summed E-state index contributed by atoms with van der Waals surface area (Å²) in [5.74, 6) is 0. The van der Waals surface area contributed by atoms with Crippen molar-refractivity contribution >= 4 is 70.4 Å². The minimum atomic E-state index is 1.10. The van der Waals surface area contributed by atoms with E-state index in [4.69, 9.17) is 0 Å². The molecule has 2 aromatic heterocycles. The molecule has 0 bridgehead atoms. The lowest BCUT2D eigenvalue weighted by Gasteiger charge is -2.27. The van der Waals surface area contributed by atoms with Crippen molar-refractivity contribution in [3.05, 3.63) is 218 Å². The van der Waals surface area contributed by atoms with Crippen LogP contribution in [0.15, 0.2) is 218 Å². The molecule has 2 heterocycles. The molecule has 57 heavy (non-hydrogen) atoms. The van der Waals surface area contributed by atoms with Crippen LogP contribution in [-0.4, -0.2) is 4.57 Å². The van der Waals surface area contributed by atoms with Gasteiger partial charge >= 0.3 is 0 Å². The van der Waals surface area contributed by atoms with Crippen LogP contribution < -0.4 is 4.90 Å². The molecule has 2 nitrogen and oxygen atoms in total. The standard InChI is InChI=1S/C54H36N2S/c1-4-15-37(16-5-1)39-29-31-40(32-30-39)45-24-13-26-49-53(45)48-34-33-44(36-51(48)56(49)42-20-8-3-9-21-42)55(43-22-12-19-41(35-43)38-17-6-2-7-18-38)50-27-14-25-47-46-23-10-11-28-52(46)57-54(47)50/h1-36H. The number of hydrogen-bond donors (Lipinski definition) is 0. The molecule has 0 atom stereocenters. The molecule has 9 aromatic carbocycles. The number of para-hydroxylation sites is 1. The molecule has 11 aromatic rings. The normalized spacial score (nSPS) is 11.5. The molecule has 0 aliphatic carbocycles. The third-order valence-electron chi connectivity index (χ3n) is 11.2. The molecule has 0 saturated carbocycles. The molecule has 0 radical (unpaired) electrons. The van der Waals surface area contributed by atoms with Gasteiger partial charge in [0.15, 0.2) is 0 Å². The Morgan fingerprint density at radius 2 is 0.965 bits per heavy atom. The minimum Gasteiger partial charge on any atom is -0.309 e. The first-order valence-corrected chi connectivity index (χ1v) is 20.2. The molecular formula is C54H36N2S. The maximum Gasteiger partial charge on any atom is 0.0640 e. The number of nitrogens with zero attached hydrogens (tertiary/aromatic N) is 2. The van der Waals surface area contributed by atoms with Crippen molar-refractivity contribution in [3.8, 4) is 39.1 Å². The lowest BCUT2D eigenvalue weighted by molar-refractivity contribution is 1.18. The van der Waals surface area contributed by atoms with Crippen LogP contribution in [0.1, 0.15) is 0 Å². The summed E-state index contributed by atoms with van der Waals surface area (Å²) in [7, 11) is 0. The zero-order valence-corrected chi connectivity index (χ0v) is 31.9. The summed E-state index contributed by atoms with van der Waals surface area (Å²) in [6.45, 7) is 0. The molecule has 11 rings (SSSR count). The number of benzene rings is 9. The van der Waals surface area contributed by atoms with Crippen LogP contribution in [0.2, 0.25) is 0 Å². The van der Waals surface area contributed by atoms with Gasteiger partial charge in [-0.2, -0.15) is 0 Å². The van der Waals surface area contributed by atoms with Crippen LogP contribution in [0.4, 0.5) is 17.1 Å². The van der Waals surface area contributed by atoms with Gasteiger partial charge in [0.2, 0.25) is 0 Å². The van der Waals surface area contributed by atoms with Gasteiger partial charge in [0.25, 0.3) is 0 Å². The number of thiophene rings is 1. The first-order valence-electron chi connectivity index (χ1n) is 19.4. The highest BCUT2D eigenvalue weighted by Gasteiger charge is 2.22. The average molecular weight is 745 g/mol. The van der Waals surface area contributed by atoms with E-state index in [1.165, 1.54) is 75.5 Å². The average Bonchev–Trinajstić information content (AvgIpc) is 3.84. The molecule has 0 aliphatic heterocycles. The van der Waals surface area contributed by atoms with E-state index in [-0.39, 0.29) is 0 Å². The Labute approximate surface area is 335 Å². The van der Waals surface area contributed by atoms with Crippen molar-refractivity contribution in [1.29, 1.82) is 0 Å². The summed E-state index contributed by atoms with van der Waals surface area (Å²) in [4.78, 5) is 2.46. The predicted octanol–water partition coefficient (Wildman–Crippen LogP) is 15.6. The molecular weight excluding hydrogens is 709 g/mol. The fraction of sp³-hybridized carbons (Fsp3) is 0. The minimum absolute atomic E-state index is 1.10. The van der Waals surface area contributed by atoms with Gasteiger partial charge in [-0.05, 0) is 88.0 Å². The topological polar surface area (TPSA) is 8.17 Å². The van der Waals surface area contributed by atoms with Crippen LogP contribution >= 0.6 is 11.3 Å². The van der Waals surface area contributed by atoms with Crippen LogP contribution in [-0.2, 0) is 0 Å². The van der Waals surface area contributed by atoms with Crippen molar-refractivity contribution in [2.24, 2.45) is 0 Å². The van der Waals surface area contributed by atoms with Gasteiger partial charge in [0.05, 0.1) is 21.4 Å². The molecule has 268 valence electrons. The predicted molar refractivity (Wildman–Crippen MR) is 245 cm³/mol. The van der Waals surface area contributed by atoms with Crippen molar-refractivity contribution in [3.63, 3.8) is 0 Å². The van der Waals surface area contributed by atoms with E-state index >= 15 is 0 Å². The highest BCUT2D eigenvalue weighted by molar-refractivity contribution is 7.26. The Balaban J connectivity index is 1.16. The number of fused-ring (bicyclic) bond motifs is 6. The van der Waals surface area contributed by atoms with Crippen LogP contribution in [0.25, 0.3) is 81.0 Å². The maximum atomic E-state index is 2.46. The number of anilines is 3. The van der Waals surface area contributed by atoms with E-state index in [0.29, 0.717) is 0 Å². The number of aromatic nitrogens is 1. The highest BCUT2D eigenvalue weighted by atomic mass is 32.1. The largest absolute Gasteiger partial charge is 0.309 e. The molecule has 0 unspecified atom stereocenters. The van der Waals surface area contributed by atoms with Crippen LogP contribution in [0.5, 0.6) is 0 Å². The second kappa shape index (κ2) is 13.8. The van der Waals surface area contributed by atoms with Crippen LogP contribution in [0.3, 0.4) is 0 Å². The summed E-state index contributed by atoms with van der Waals surface area (Å²) < 4.78 is 5.00. The van der Waals surface area contributed by atoms with Crippen molar-refractivity contribution < 1.29 is 0 Å². The van der Waals surface area contributed by atoms with Crippen LogP contribution in [0, 0.1) is 0 Å². The van der Waals surface area contributed by atoms with Gasteiger partial charge in [0, 0.05) is 43.3 Å². The van der Waals surface area contributed by atoms with E-state index < -0.39 is 0 Å². The molecule has 0 amide bonds. The molecule has 0 saturated heterocycles. The second-order valence-corrected chi connectivity index (χ2v) is 15.6. The summed E-state index contributed by atoms with van der Waals surface area (Å²) in [6, 6.07) is 79.4. The maximum absolute atomic E-state index is 2.46. The Kier molecular flexibility index (Phi) is 8.04. The first kappa shape index (κ1) is 33.2. The summed E-state index contributed by atoms with van der Waals surface area (Å²) >= 11 is 1.87. The van der Waals surface area contributed by atoms with Crippen molar-refractivity contribution in [2.45, 2.75) is 0 Å². The zero-order chi connectivity index (χ0) is 37.7. The van der Waals surface area contributed by atoms with Gasteiger partial charge in [-0.15, -0.1) is 11.3 Å². The molecule has 0 N–H and O–H groups in total.